The summed E-state index contributed by atoms with van der Waals surface area (Å²) in [5, 5.41) is 14.4. The van der Waals surface area contributed by atoms with E-state index in [1.807, 2.05) is 0 Å². The number of hydrogen-bond donors (Lipinski definition) is 3. The van der Waals surface area contributed by atoms with E-state index in [1.165, 1.54) is 12.1 Å². The molecule has 0 aliphatic heterocycles. The summed E-state index contributed by atoms with van der Waals surface area (Å²) in [6, 6.07) is 5.88. The van der Waals surface area contributed by atoms with Gasteiger partial charge in [0.1, 0.15) is 0 Å². The van der Waals surface area contributed by atoms with Crippen LogP contribution in [0.3, 0.4) is 0 Å². The number of carbonyl (C=O) groups is 2. The minimum atomic E-state index is -0.988. The van der Waals surface area contributed by atoms with E-state index in [4.69, 9.17) is 9.84 Å². The lowest BCUT2D eigenvalue weighted by atomic mass is 10.2. The average molecular weight is 278 g/mol. The number of amides is 2. The van der Waals surface area contributed by atoms with Crippen molar-refractivity contribution in [2.24, 2.45) is 0 Å². The summed E-state index contributed by atoms with van der Waals surface area (Å²) in [6.07, 6.45) is 2.90. The molecule has 6 heteroatoms. The van der Waals surface area contributed by atoms with Gasteiger partial charge in [-0.15, -0.1) is 0 Å². The summed E-state index contributed by atoms with van der Waals surface area (Å²) >= 11 is 0. The Bertz CT molecular complexity index is 486. The Hall–Kier alpha value is -2.08. The molecule has 1 aliphatic carbocycles. The Morgan fingerprint density at radius 3 is 2.50 bits per heavy atom. The van der Waals surface area contributed by atoms with Gasteiger partial charge in [0.05, 0.1) is 11.7 Å². The topological polar surface area (TPSA) is 87.7 Å². The SMILES string of the molecule is COC1CCC(NC(=O)Nc2ccc(C(=O)O)cc2)C1. The van der Waals surface area contributed by atoms with Crippen LogP contribution in [-0.2, 0) is 4.74 Å². The molecule has 1 fully saturated rings. The largest absolute Gasteiger partial charge is 0.478 e. The lowest BCUT2D eigenvalue weighted by Gasteiger charge is -2.13. The second-order valence-corrected chi connectivity index (χ2v) is 4.85. The third-order valence-electron chi connectivity index (χ3n) is 3.44. The van der Waals surface area contributed by atoms with Gasteiger partial charge in [-0.25, -0.2) is 9.59 Å². The maximum atomic E-state index is 11.8. The lowest BCUT2D eigenvalue weighted by Crippen LogP contribution is -2.36. The minimum Gasteiger partial charge on any atom is -0.478 e. The van der Waals surface area contributed by atoms with Gasteiger partial charge in [0.2, 0.25) is 0 Å². The van der Waals surface area contributed by atoms with E-state index in [1.54, 1.807) is 19.2 Å². The van der Waals surface area contributed by atoms with Crippen LogP contribution < -0.4 is 10.6 Å². The molecule has 1 aromatic carbocycles. The van der Waals surface area contributed by atoms with Crippen molar-refractivity contribution in [1.82, 2.24) is 5.32 Å². The molecule has 108 valence electrons. The van der Waals surface area contributed by atoms with E-state index in [-0.39, 0.29) is 23.7 Å². The number of rotatable bonds is 4. The first-order chi connectivity index (χ1) is 9.58. The predicted molar refractivity (Wildman–Crippen MR) is 74.0 cm³/mol. The van der Waals surface area contributed by atoms with Gasteiger partial charge in [0.15, 0.2) is 0 Å². The van der Waals surface area contributed by atoms with E-state index in [2.05, 4.69) is 10.6 Å². The fourth-order valence-corrected chi connectivity index (χ4v) is 2.33. The second-order valence-electron chi connectivity index (χ2n) is 4.85. The van der Waals surface area contributed by atoms with Crippen LogP contribution in [-0.4, -0.2) is 36.4 Å². The maximum absolute atomic E-state index is 11.8. The Morgan fingerprint density at radius 1 is 1.25 bits per heavy atom. The van der Waals surface area contributed by atoms with Crippen LogP contribution in [0.25, 0.3) is 0 Å². The number of aromatic carboxylic acids is 1. The molecule has 6 nitrogen and oxygen atoms in total. The zero-order chi connectivity index (χ0) is 14.5. The molecule has 2 atom stereocenters. The number of carboxylic acid groups (broad SMARTS) is 1. The minimum absolute atomic E-state index is 0.123. The zero-order valence-corrected chi connectivity index (χ0v) is 11.3. The fraction of sp³-hybridized carbons (Fsp3) is 0.429. The smallest absolute Gasteiger partial charge is 0.335 e. The number of benzene rings is 1. The van der Waals surface area contributed by atoms with Crippen molar-refractivity contribution in [3.05, 3.63) is 29.8 Å². The molecule has 1 saturated carbocycles. The van der Waals surface area contributed by atoms with Crippen molar-refractivity contribution in [2.45, 2.75) is 31.4 Å². The van der Waals surface area contributed by atoms with Gasteiger partial charge >= 0.3 is 12.0 Å². The summed E-state index contributed by atoms with van der Waals surface area (Å²) in [5.74, 6) is -0.988. The Morgan fingerprint density at radius 2 is 1.95 bits per heavy atom. The fourth-order valence-electron chi connectivity index (χ4n) is 2.33. The first kappa shape index (κ1) is 14.3. The van der Waals surface area contributed by atoms with Crippen molar-refractivity contribution < 1.29 is 19.4 Å². The molecule has 2 amide bonds. The molecule has 0 heterocycles. The molecule has 0 radical (unpaired) electrons. The van der Waals surface area contributed by atoms with E-state index in [0.29, 0.717) is 5.69 Å². The summed E-state index contributed by atoms with van der Waals surface area (Å²) < 4.78 is 5.25. The first-order valence-electron chi connectivity index (χ1n) is 6.52. The highest BCUT2D eigenvalue weighted by Crippen LogP contribution is 2.21. The number of ether oxygens (including phenoxy) is 1. The summed E-state index contributed by atoms with van der Waals surface area (Å²) in [7, 11) is 1.68. The molecule has 1 aromatic rings. The molecule has 2 unspecified atom stereocenters. The normalized spacial score (nSPS) is 21.4. The number of hydrogen-bond acceptors (Lipinski definition) is 3. The number of anilines is 1. The van der Waals surface area contributed by atoms with Crippen LogP contribution in [0.2, 0.25) is 0 Å². The molecule has 0 aromatic heterocycles. The molecule has 1 aliphatic rings. The Labute approximate surface area is 117 Å². The molecular weight excluding hydrogens is 260 g/mol. The molecule has 0 spiro atoms. The van der Waals surface area contributed by atoms with Crippen molar-refractivity contribution in [1.29, 1.82) is 0 Å². The summed E-state index contributed by atoms with van der Waals surface area (Å²) in [6.45, 7) is 0. The van der Waals surface area contributed by atoms with Crippen molar-refractivity contribution in [3.8, 4) is 0 Å². The van der Waals surface area contributed by atoms with Crippen molar-refractivity contribution >= 4 is 17.7 Å². The van der Waals surface area contributed by atoms with Gasteiger partial charge in [-0.2, -0.15) is 0 Å². The van der Waals surface area contributed by atoms with Gasteiger partial charge in [-0.05, 0) is 43.5 Å². The second kappa shape index (κ2) is 6.38. The number of urea groups is 1. The third kappa shape index (κ3) is 3.71. The van der Waals surface area contributed by atoms with Crippen LogP contribution in [0.5, 0.6) is 0 Å². The van der Waals surface area contributed by atoms with Gasteiger partial charge < -0.3 is 20.5 Å². The highest BCUT2D eigenvalue weighted by Gasteiger charge is 2.25. The van der Waals surface area contributed by atoms with Crippen LogP contribution in [0.4, 0.5) is 10.5 Å². The number of nitrogens with one attached hydrogen (secondary N) is 2. The van der Waals surface area contributed by atoms with E-state index < -0.39 is 5.97 Å². The Balaban J connectivity index is 1.84. The molecule has 20 heavy (non-hydrogen) atoms. The van der Waals surface area contributed by atoms with Crippen LogP contribution in [0.15, 0.2) is 24.3 Å². The zero-order valence-electron chi connectivity index (χ0n) is 11.3. The van der Waals surface area contributed by atoms with Gasteiger partial charge in [-0.3, -0.25) is 0 Å². The first-order valence-corrected chi connectivity index (χ1v) is 6.52. The average Bonchev–Trinajstić information content (AvgIpc) is 2.86. The standard InChI is InChI=1S/C14H18N2O4/c1-20-12-7-6-11(8-12)16-14(19)15-10-4-2-9(3-5-10)13(17)18/h2-5,11-12H,6-8H2,1H3,(H,17,18)(H2,15,16,19). The van der Waals surface area contributed by atoms with E-state index in [9.17, 15) is 9.59 Å². The molecule has 3 N–H and O–H groups in total. The summed E-state index contributed by atoms with van der Waals surface area (Å²) in [5.41, 5.74) is 0.753. The predicted octanol–water partition coefficient (Wildman–Crippen LogP) is 2.07. The Kier molecular flexibility index (Phi) is 4.57. The molecule has 0 saturated heterocycles. The van der Waals surface area contributed by atoms with Gasteiger partial charge in [0.25, 0.3) is 0 Å². The quantitative estimate of drug-likeness (QED) is 0.786. The van der Waals surface area contributed by atoms with Crippen LogP contribution in [0.1, 0.15) is 29.6 Å². The van der Waals surface area contributed by atoms with Crippen LogP contribution in [0, 0.1) is 0 Å². The number of methoxy groups -OCH3 is 1. The monoisotopic (exact) mass is 278 g/mol. The third-order valence-corrected chi connectivity index (χ3v) is 3.44. The highest BCUT2D eigenvalue weighted by atomic mass is 16.5. The number of carboxylic acids is 1. The van der Waals surface area contributed by atoms with Crippen molar-refractivity contribution in [3.63, 3.8) is 0 Å². The van der Waals surface area contributed by atoms with Crippen LogP contribution >= 0.6 is 0 Å². The van der Waals surface area contributed by atoms with E-state index >= 15 is 0 Å². The highest BCUT2D eigenvalue weighted by molar-refractivity contribution is 5.91. The molecule has 2 rings (SSSR count). The van der Waals surface area contributed by atoms with E-state index in [0.717, 1.165) is 19.3 Å². The maximum Gasteiger partial charge on any atom is 0.335 e. The molecule has 0 bridgehead atoms. The van der Waals surface area contributed by atoms with Gasteiger partial charge in [-0.1, -0.05) is 0 Å². The van der Waals surface area contributed by atoms with Crippen molar-refractivity contribution in [2.75, 3.05) is 12.4 Å². The molecular formula is C14H18N2O4. The number of carbonyl (C=O) groups excluding carboxylic acids is 1. The lowest BCUT2D eigenvalue weighted by molar-refractivity contribution is 0.0697. The van der Waals surface area contributed by atoms with Gasteiger partial charge in [0, 0.05) is 18.8 Å². The summed E-state index contributed by atoms with van der Waals surface area (Å²) in [4.78, 5) is 22.5.